The van der Waals surface area contributed by atoms with Gasteiger partial charge in [0.15, 0.2) is 0 Å². The number of hydrogen-bond donors (Lipinski definition) is 2. The third-order valence-corrected chi connectivity index (χ3v) is 6.22. The summed E-state index contributed by atoms with van der Waals surface area (Å²) >= 11 is 0. The van der Waals surface area contributed by atoms with Crippen LogP contribution in [0.3, 0.4) is 0 Å². The highest BCUT2D eigenvalue weighted by Gasteiger charge is 2.34. The van der Waals surface area contributed by atoms with Gasteiger partial charge in [-0.2, -0.15) is 18.3 Å². The number of hydrogen-bond acceptors (Lipinski definition) is 4. The summed E-state index contributed by atoms with van der Waals surface area (Å²) in [6.45, 7) is 3.13. The van der Waals surface area contributed by atoms with E-state index in [-0.39, 0.29) is 28.3 Å². The number of alkyl halides is 3. The van der Waals surface area contributed by atoms with Crippen molar-refractivity contribution in [2.45, 2.75) is 31.5 Å². The first-order valence-corrected chi connectivity index (χ1v) is 11.0. The van der Waals surface area contributed by atoms with Gasteiger partial charge in [-0.15, -0.1) is 0 Å². The number of carbonyl (C=O) groups excluding carboxylic acids is 1. The fourth-order valence-electron chi connectivity index (χ4n) is 3.19. The van der Waals surface area contributed by atoms with Gasteiger partial charge < -0.3 is 5.32 Å². The van der Waals surface area contributed by atoms with Crippen molar-refractivity contribution in [1.29, 1.82) is 0 Å². The van der Waals surface area contributed by atoms with Gasteiger partial charge in [-0.3, -0.25) is 4.79 Å². The van der Waals surface area contributed by atoms with Crippen LogP contribution in [0.15, 0.2) is 53.4 Å². The van der Waals surface area contributed by atoms with Gasteiger partial charge >= 0.3 is 6.18 Å². The lowest BCUT2D eigenvalue weighted by atomic mass is 10.1. The summed E-state index contributed by atoms with van der Waals surface area (Å²) in [5.74, 6) is -0.630. The molecule has 32 heavy (non-hydrogen) atoms. The monoisotopic (exact) mass is 466 g/mol. The lowest BCUT2D eigenvalue weighted by molar-refractivity contribution is -0.138. The standard InChI is InChI=1S/C21H21F3N4O3S/c1-13-10-14(2)28(27-13)17-7-4-16(19(11-17)21(22,23)24)12-26-20(29)15-5-8-18(9-6-15)32(30,31)25-3/h4-11,25H,12H2,1-3H3,(H,26,29). The highest BCUT2D eigenvalue weighted by Crippen LogP contribution is 2.33. The third kappa shape index (κ3) is 5.00. The van der Waals surface area contributed by atoms with Gasteiger partial charge in [0.2, 0.25) is 10.0 Å². The van der Waals surface area contributed by atoms with Crippen LogP contribution in [0.1, 0.15) is 32.9 Å². The Bertz CT molecular complexity index is 1250. The molecule has 170 valence electrons. The summed E-state index contributed by atoms with van der Waals surface area (Å²) in [7, 11) is -2.40. The fraction of sp³-hybridized carbons (Fsp3) is 0.238. The Morgan fingerprint density at radius 1 is 1.06 bits per heavy atom. The van der Waals surface area contributed by atoms with Gasteiger partial charge in [0.1, 0.15) is 0 Å². The topological polar surface area (TPSA) is 93.1 Å². The summed E-state index contributed by atoms with van der Waals surface area (Å²) < 4.78 is 68.1. The van der Waals surface area contributed by atoms with E-state index in [4.69, 9.17) is 0 Å². The molecule has 0 saturated heterocycles. The van der Waals surface area contributed by atoms with Gasteiger partial charge in [0.25, 0.3) is 5.91 Å². The van der Waals surface area contributed by atoms with Crippen molar-refractivity contribution < 1.29 is 26.4 Å². The molecule has 7 nitrogen and oxygen atoms in total. The molecule has 1 amide bonds. The van der Waals surface area contributed by atoms with Gasteiger partial charge in [-0.05, 0) is 68.9 Å². The molecule has 1 heterocycles. The molecule has 11 heteroatoms. The zero-order valence-electron chi connectivity index (χ0n) is 17.5. The van der Waals surface area contributed by atoms with E-state index in [9.17, 15) is 26.4 Å². The minimum atomic E-state index is -4.63. The molecule has 0 atom stereocenters. The summed E-state index contributed by atoms with van der Waals surface area (Å²) in [5, 5.41) is 6.66. The molecule has 0 aliphatic rings. The average Bonchev–Trinajstić information content (AvgIpc) is 3.09. The number of amides is 1. The molecule has 0 fully saturated rings. The highest BCUT2D eigenvalue weighted by atomic mass is 32.2. The van der Waals surface area contributed by atoms with E-state index in [1.165, 1.54) is 48.1 Å². The van der Waals surface area contributed by atoms with Crippen molar-refractivity contribution >= 4 is 15.9 Å². The smallest absolute Gasteiger partial charge is 0.348 e. The van der Waals surface area contributed by atoms with Crippen LogP contribution >= 0.6 is 0 Å². The minimum absolute atomic E-state index is 0.0318. The lowest BCUT2D eigenvalue weighted by Gasteiger charge is -2.16. The van der Waals surface area contributed by atoms with Crippen LogP contribution in [-0.4, -0.2) is 31.2 Å². The third-order valence-electron chi connectivity index (χ3n) is 4.79. The van der Waals surface area contributed by atoms with E-state index in [1.54, 1.807) is 19.9 Å². The second-order valence-electron chi connectivity index (χ2n) is 7.09. The van der Waals surface area contributed by atoms with E-state index < -0.39 is 27.7 Å². The number of benzene rings is 2. The largest absolute Gasteiger partial charge is 0.416 e. The molecule has 1 aromatic heterocycles. The Labute approximate surface area is 183 Å². The molecular formula is C21H21F3N4O3S. The molecule has 3 rings (SSSR count). The number of aromatic nitrogens is 2. The predicted molar refractivity (Wildman–Crippen MR) is 112 cm³/mol. The SMILES string of the molecule is CNS(=O)(=O)c1ccc(C(=O)NCc2ccc(-n3nc(C)cc3C)cc2C(F)(F)F)cc1. The van der Waals surface area contributed by atoms with Crippen LogP contribution in [-0.2, 0) is 22.7 Å². The molecule has 0 bridgehead atoms. The first-order chi connectivity index (χ1) is 14.9. The molecule has 0 spiro atoms. The quantitative estimate of drug-likeness (QED) is 0.583. The Hall–Kier alpha value is -3.18. The number of halogens is 3. The van der Waals surface area contributed by atoms with Crippen molar-refractivity contribution in [3.05, 3.63) is 76.6 Å². The van der Waals surface area contributed by atoms with Crippen LogP contribution in [0.25, 0.3) is 5.69 Å². The molecular weight excluding hydrogens is 445 g/mol. The normalized spacial score (nSPS) is 12.1. The van der Waals surface area contributed by atoms with E-state index in [0.29, 0.717) is 11.4 Å². The number of carbonyl (C=O) groups is 1. The van der Waals surface area contributed by atoms with Gasteiger partial charge in [-0.1, -0.05) is 6.07 Å². The maximum atomic E-state index is 13.7. The Morgan fingerprint density at radius 2 is 1.72 bits per heavy atom. The molecule has 0 aliphatic heterocycles. The first kappa shape index (κ1) is 23.5. The molecule has 0 aliphatic carbocycles. The molecule has 2 N–H and O–H groups in total. The van der Waals surface area contributed by atoms with Gasteiger partial charge in [-0.25, -0.2) is 17.8 Å². The van der Waals surface area contributed by atoms with Crippen molar-refractivity contribution in [3.63, 3.8) is 0 Å². The second kappa shape index (κ2) is 8.75. The molecule has 0 radical (unpaired) electrons. The number of aryl methyl sites for hydroxylation is 2. The van der Waals surface area contributed by atoms with E-state index in [0.717, 1.165) is 6.07 Å². The summed E-state index contributed by atoms with van der Waals surface area (Å²) in [4.78, 5) is 12.3. The van der Waals surface area contributed by atoms with Crippen LogP contribution in [0.2, 0.25) is 0 Å². The number of sulfonamides is 1. The summed E-state index contributed by atoms with van der Waals surface area (Å²) in [6.07, 6.45) is -4.63. The number of rotatable bonds is 6. The highest BCUT2D eigenvalue weighted by molar-refractivity contribution is 7.89. The fourth-order valence-corrected chi connectivity index (χ4v) is 3.92. The van der Waals surface area contributed by atoms with Crippen LogP contribution in [0.5, 0.6) is 0 Å². The molecule has 0 saturated carbocycles. The van der Waals surface area contributed by atoms with E-state index in [2.05, 4.69) is 15.1 Å². The second-order valence-corrected chi connectivity index (χ2v) is 8.98. The number of nitrogens with zero attached hydrogens (tertiary/aromatic N) is 2. The van der Waals surface area contributed by atoms with E-state index in [1.807, 2.05) is 0 Å². The van der Waals surface area contributed by atoms with Crippen LogP contribution in [0, 0.1) is 13.8 Å². The van der Waals surface area contributed by atoms with Gasteiger partial charge in [0.05, 0.1) is 21.8 Å². The lowest BCUT2D eigenvalue weighted by Crippen LogP contribution is -2.25. The predicted octanol–water partition coefficient (Wildman–Crippen LogP) is 3.35. The Kier molecular flexibility index (Phi) is 6.42. The Morgan fingerprint density at radius 3 is 2.25 bits per heavy atom. The van der Waals surface area contributed by atoms with Crippen LogP contribution < -0.4 is 10.0 Å². The minimum Gasteiger partial charge on any atom is -0.348 e. The average molecular weight is 466 g/mol. The molecule has 3 aromatic rings. The zero-order chi connectivity index (χ0) is 23.7. The number of nitrogens with one attached hydrogen (secondary N) is 2. The van der Waals surface area contributed by atoms with Crippen molar-refractivity contribution in [3.8, 4) is 5.69 Å². The maximum Gasteiger partial charge on any atom is 0.416 e. The van der Waals surface area contributed by atoms with Crippen molar-refractivity contribution in [2.75, 3.05) is 7.05 Å². The van der Waals surface area contributed by atoms with E-state index >= 15 is 0 Å². The maximum absolute atomic E-state index is 13.7. The van der Waals surface area contributed by atoms with Gasteiger partial charge in [0, 0.05) is 17.8 Å². The molecule has 0 unspecified atom stereocenters. The molecule has 2 aromatic carbocycles. The first-order valence-electron chi connectivity index (χ1n) is 9.48. The van der Waals surface area contributed by atoms with Crippen molar-refractivity contribution in [2.24, 2.45) is 0 Å². The summed E-state index contributed by atoms with van der Waals surface area (Å²) in [5.41, 5.74) is 0.775. The van der Waals surface area contributed by atoms with Crippen LogP contribution in [0.4, 0.5) is 13.2 Å². The summed E-state index contributed by atoms with van der Waals surface area (Å²) in [6, 6.07) is 10.6. The zero-order valence-corrected chi connectivity index (χ0v) is 18.3. The van der Waals surface area contributed by atoms with Crippen molar-refractivity contribution in [1.82, 2.24) is 19.8 Å². The Balaban J connectivity index is 1.82.